The van der Waals surface area contributed by atoms with E-state index < -0.39 is 5.60 Å². The number of hydrogen-bond acceptors (Lipinski definition) is 6. The first-order valence-electron chi connectivity index (χ1n) is 12.4. The lowest BCUT2D eigenvalue weighted by Crippen LogP contribution is -2.37. The summed E-state index contributed by atoms with van der Waals surface area (Å²) in [5.74, 6) is 1.31. The van der Waals surface area contributed by atoms with Crippen LogP contribution in [0.2, 0.25) is 0 Å². The van der Waals surface area contributed by atoms with Crippen LogP contribution in [0.4, 0.5) is 4.79 Å². The topological polar surface area (TPSA) is 93.5 Å². The van der Waals surface area contributed by atoms with Crippen LogP contribution in [0.15, 0.2) is 59.5 Å². The minimum atomic E-state index is -0.556. The first kappa shape index (κ1) is 26.8. The van der Waals surface area contributed by atoms with Gasteiger partial charge in [0.2, 0.25) is 0 Å². The molecule has 192 valence electrons. The Bertz CT molecular complexity index is 1240. The first-order valence-corrected chi connectivity index (χ1v) is 12.4. The number of ether oxygens (including phenoxy) is 2. The number of nitrogens with zero attached hydrogens (tertiary/aromatic N) is 3. The monoisotopic (exact) mass is 492 g/mol. The Labute approximate surface area is 212 Å². The van der Waals surface area contributed by atoms with Crippen molar-refractivity contribution in [1.29, 1.82) is 0 Å². The maximum absolute atomic E-state index is 12.6. The van der Waals surface area contributed by atoms with Gasteiger partial charge < -0.3 is 23.8 Å². The Balaban J connectivity index is 0.00000176. The molecule has 1 amide bonds. The summed E-state index contributed by atoms with van der Waals surface area (Å²) in [7, 11) is 0. The van der Waals surface area contributed by atoms with Crippen LogP contribution in [-0.4, -0.2) is 38.1 Å². The third kappa shape index (κ3) is 6.87. The first-order chi connectivity index (χ1) is 17.3. The highest BCUT2D eigenvalue weighted by Crippen LogP contribution is 2.33. The van der Waals surface area contributed by atoms with Gasteiger partial charge in [-0.05, 0) is 44.9 Å². The zero-order chi connectivity index (χ0) is 26.1. The number of fused-ring (bicyclic) bond motifs is 1. The van der Waals surface area contributed by atoms with Crippen molar-refractivity contribution in [2.75, 3.05) is 6.54 Å². The number of amides is 1. The van der Waals surface area contributed by atoms with Crippen molar-refractivity contribution in [1.82, 2.24) is 19.9 Å². The van der Waals surface area contributed by atoms with Crippen LogP contribution in [0.1, 0.15) is 59.4 Å². The number of hydrogen-bond donors (Lipinski definition) is 1. The number of imidazole rings is 1. The maximum Gasteiger partial charge on any atom is 0.410 e. The number of nitrogens with one attached hydrogen (secondary N) is 1. The van der Waals surface area contributed by atoms with E-state index in [1.807, 2.05) is 84.0 Å². The molecule has 0 radical (unpaired) electrons. The minimum Gasteiger partial charge on any atom is -0.486 e. The molecule has 0 unspecified atom stereocenters. The van der Waals surface area contributed by atoms with Gasteiger partial charge in [-0.1, -0.05) is 51.1 Å². The predicted octanol–water partition coefficient (Wildman–Crippen LogP) is 6.97. The molecule has 0 saturated carbocycles. The number of aromatic amines is 1. The quantitative estimate of drug-likeness (QED) is 0.285. The molecule has 0 bridgehead atoms. The largest absolute Gasteiger partial charge is 0.486 e. The van der Waals surface area contributed by atoms with Crippen molar-refractivity contribution in [3.8, 4) is 17.0 Å². The molecule has 2 aromatic heterocycles. The Kier molecular flexibility index (Phi) is 9.11. The minimum absolute atomic E-state index is 0.320. The second kappa shape index (κ2) is 12.2. The summed E-state index contributed by atoms with van der Waals surface area (Å²) in [5.41, 5.74) is 3.36. The van der Waals surface area contributed by atoms with Crippen molar-refractivity contribution in [2.24, 2.45) is 0 Å². The predicted molar refractivity (Wildman–Crippen MR) is 141 cm³/mol. The molecule has 0 aliphatic rings. The molecule has 36 heavy (non-hydrogen) atoms. The van der Waals surface area contributed by atoms with Gasteiger partial charge in [-0.3, -0.25) is 0 Å². The van der Waals surface area contributed by atoms with E-state index in [0.29, 0.717) is 42.4 Å². The lowest BCUT2D eigenvalue weighted by Gasteiger charge is -2.26. The lowest BCUT2D eigenvalue weighted by atomic mass is 10.1. The zero-order valence-electron chi connectivity index (χ0n) is 22.0. The average Bonchev–Trinajstić information content (AvgIpc) is 3.53. The Morgan fingerprint density at radius 2 is 1.83 bits per heavy atom. The third-order valence-corrected chi connectivity index (χ3v) is 5.09. The second-order valence-electron chi connectivity index (χ2n) is 9.06. The van der Waals surface area contributed by atoms with Crippen LogP contribution >= 0.6 is 0 Å². The molecule has 0 aliphatic heterocycles. The van der Waals surface area contributed by atoms with Crippen molar-refractivity contribution in [3.63, 3.8) is 0 Å². The number of H-pyrrole nitrogens is 1. The number of benzene rings is 2. The summed E-state index contributed by atoms with van der Waals surface area (Å²) >= 11 is 0. The van der Waals surface area contributed by atoms with E-state index in [2.05, 4.69) is 15.0 Å². The fraction of sp³-hybridized carbons (Fsp3) is 0.393. The third-order valence-electron chi connectivity index (χ3n) is 5.09. The van der Waals surface area contributed by atoms with Gasteiger partial charge in [-0.2, -0.15) is 0 Å². The van der Waals surface area contributed by atoms with Gasteiger partial charge in [0.1, 0.15) is 23.8 Å². The highest BCUT2D eigenvalue weighted by Gasteiger charge is 2.23. The molecule has 4 aromatic rings. The van der Waals surface area contributed by atoms with Gasteiger partial charge in [-0.15, -0.1) is 0 Å². The van der Waals surface area contributed by atoms with Gasteiger partial charge in [0.25, 0.3) is 0 Å². The molecular weight excluding hydrogens is 456 g/mol. The molecule has 2 heterocycles. The van der Waals surface area contributed by atoms with Crippen molar-refractivity contribution < 1.29 is 18.7 Å². The maximum atomic E-state index is 12.6. The molecule has 0 fully saturated rings. The molecular formula is C28H36N4O4. The number of rotatable bonds is 8. The summed E-state index contributed by atoms with van der Waals surface area (Å²) in [5, 5.41) is 0. The van der Waals surface area contributed by atoms with E-state index in [9.17, 15) is 4.79 Å². The average molecular weight is 493 g/mol. The second-order valence-corrected chi connectivity index (χ2v) is 9.06. The van der Waals surface area contributed by atoms with Gasteiger partial charge in [0.05, 0.1) is 18.4 Å². The SMILES string of the molecule is CC.CCCN(Cc1ncc(-c2ccc(OCc3ccccc3)c3ncoc23)[nH]1)C(=O)OC(C)(C)C. The zero-order valence-corrected chi connectivity index (χ0v) is 22.0. The van der Waals surface area contributed by atoms with Crippen LogP contribution in [0, 0.1) is 0 Å². The highest BCUT2D eigenvalue weighted by atomic mass is 16.6. The van der Waals surface area contributed by atoms with Crippen LogP contribution in [0.25, 0.3) is 22.4 Å². The standard InChI is InChI=1S/C26H30N4O4.C2H6/c1-5-13-30(25(31)34-26(2,3)4)15-22-27-14-20(29-22)19-11-12-21(23-24(19)33-17-28-23)32-16-18-9-7-6-8-10-18;1-2/h6-12,14,17H,5,13,15-16H2,1-4H3,(H,27,29);1-2H3. The van der Waals surface area contributed by atoms with Gasteiger partial charge in [0.15, 0.2) is 17.5 Å². The normalized spacial score (nSPS) is 11.1. The van der Waals surface area contributed by atoms with Crippen LogP contribution in [0.5, 0.6) is 5.75 Å². The van der Waals surface area contributed by atoms with Crippen LogP contribution in [0.3, 0.4) is 0 Å². The van der Waals surface area contributed by atoms with Gasteiger partial charge in [-0.25, -0.2) is 14.8 Å². The van der Waals surface area contributed by atoms with Crippen LogP contribution in [-0.2, 0) is 17.9 Å². The smallest absolute Gasteiger partial charge is 0.410 e. The van der Waals surface area contributed by atoms with E-state index >= 15 is 0 Å². The van der Waals surface area contributed by atoms with E-state index in [0.717, 1.165) is 23.2 Å². The Morgan fingerprint density at radius 1 is 1.08 bits per heavy atom. The summed E-state index contributed by atoms with van der Waals surface area (Å²) in [6.07, 6.45) is 3.60. The summed E-state index contributed by atoms with van der Waals surface area (Å²) in [4.78, 5) is 26.4. The molecule has 0 aliphatic carbocycles. The van der Waals surface area contributed by atoms with E-state index in [1.54, 1.807) is 11.1 Å². The fourth-order valence-corrected chi connectivity index (χ4v) is 3.58. The number of aromatic nitrogens is 3. The molecule has 8 nitrogen and oxygen atoms in total. The van der Waals surface area contributed by atoms with Crippen molar-refractivity contribution in [3.05, 3.63) is 66.4 Å². The molecule has 4 rings (SSSR count). The number of carbonyl (C=O) groups is 1. The van der Waals surface area contributed by atoms with Gasteiger partial charge >= 0.3 is 6.09 Å². The Hall–Kier alpha value is -3.81. The molecule has 8 heteroatoms. The van der Waals surface area contributed by atoms with Crippen LogP contribution < -0.4 is 4.74 Å². The molecule has 0 saturated heterocycles. The summed E-state index contributed by atoms with van der Waals surface area (Å²) < 4.78 is 17.2. The van der Waals surface area contributed by atoms with Crippen molar-refractivity contribution in [2.45, 2.75) is 66.7 Å². The number of oxazole rings is 1. The fourth-order valence-electron chi connectivity index (χ4n) is 3.58. The molecule has 0 atom stereocenters. The molecule has 2 aromatic carbocycles. The van der Waals surface area contributed by atoms with E-state index in [-0.39, 0.29) is 6.09 Å². The van der Waals surface area contributed by atoms with Crippen molar-refractivity contribution >= 4 is 17.2 Å². The number of carbonyl (C=O) groups excluding carboxylic acids is 1. The molecule has 1 N–H and O–H groups in total. The van der Waals surface area contributed by atoms with Gasteiger partial charge in [0, 0.05) is 12.1 Å². The van der Waals surface area contributed by atoms with E-state index in [1.165, 1.54) is 6.39 Å². The highest BCUT2D eigenvalue weighted by molar-refractivity contribution is 5.92. The Morgan fingerprint density at radius 3 is 2.53 bits per heavy atom. The lowest BCUT2D eigenvalue weighted by molar-refractivity contribution is 0.0229. The summed E-state index contributed by atoms with van der Waals surface area (Å²) in [6.45, 7) is 12.9. The van der Waals surface area contributed by atoms with E-state index in [4.69, 9.17) is 13.9 Å². The summed E-state index contributed by atoms with van der Waals surface area (Å²) in [6, 6.07) is 13.8. The molecule has 0 spiro atoms.